The van der Waals surface area contributed by atoms with E-state index in [-0.39, 0.29) is 12.1 Å². The van der Waals surface area contributed by atoms with Crippen molar-refractivity contribution in [2.24, 2.45) is 0 Å². The maximum atomic E-state index is 10.0. The molecule has 3 aromatic rings. The van der Waals surface area contributed by atoms with Gasteiger partial charge in [-0.3, -0.25) is 5.10 Å². The zero-order chi connectivity index (χ0) is 16.4. The van der Waals surface area contributed by atoms with Gasteiger partial charge < -0.3 is 15.0 Å². The number of H-pyrrole nitrogens is 1. The SMILES string of the molecule is O[C@H]1CCCN[C@@H]1CCCn1cnc2ccc(-c3ccn[nH]3)cc21. The summed E-state index contributed by atoms with van der Waals surface area (Å²) in [5.74, 6) is 0. The molecule has 0 spiro atoms. The molecule has 126 valence electrons. The van der Waals surface area contributed by atoms with Crippen LogP contribution in [0.25, 0.3) is 22.3 Å². The molecule has 1 saturated heterocycles. The normalized spacial score (nSPS) is 21.4. The number of rotatable bonds is 5. The standard InChI is InChI=1S/C18H23N5O/c24-18-4-1-8-19-16(18)3-2-10-23-12-20-15-6-5-13(11-17(15)23)14-7-9-21-22-14/h5-7,9,11-12,16,18-19,24H,1-4,8,10H2,(H,21,22)/t16-,18+/m1/s1. The summed E-state index contributed by atoms with van der Waals surface area (Å²) in [6.07, 6.45) is 7.46. The number of imidazole rings is 1. The van der Waals surface area contributed by atoms with E-state index in [2.05, 4.69) is 43.3 Å². The number of aliphatic hydroxyl groups excluding tert-OH is 1. The van der Waals surface area contributed by atoms with Crippen LogP contribution in [0.15, 0.2) is 36.8 Å². The molecular formula is C18H23N5O. The van der Waals surface area contributed by atoms with Crippen LogP contribution in [0.5, 0.6) is 0 Å². The highest BCUT2D eigenvalue weighted by Gasteiger charge is 2.21. The third-order valence-corrected chi connectivity index (χ3v) is 4.89. The van der Waals surface area contributed by atoms with Crippen LogP contribution in [0.3, 0.4) is 0 Å². The molecule has 24 heavy (non-hydrogen) atoms. The van der Waals surface area contributed by atoms with Gasteiger partial charge in [-0.1, -0.05) is 6.07 Å². The average Bonchev–Trinajstić information content (AvgIpc) is 3.26. The van der Waals surface area contributed by atoms with Crippen molar-refractivity contribution >= 4 is 11.0 Å². The second-order valence-electron chi connectivity index (χ2n) is 6.52. The number of piperidine rings is 1. The third-order valence-electron chi connectivity index (χ3n) is 4.89. The fourth-order valence-corrected chi connectivity index (χ4v) is 3.53. The van der Waals surface area contributed by atoms with Crippen LogP contribution in [-0.2, 0) is 6.54 Å². The Balaban J connectivity index is 1.47. The number of hydrogen-bond acceptors (Lipinski definition) is 4. The summed E-state index contributed by atoms with van der Waals surface area (Å²) in [6, 6.07) is 8.47. The largest absolute Gasteiger partial charge is 0.392 e. The lowest BCUT2D eigenvalue weighted by atomic mass is 9.97. The summed E-state index contributed by atoms with van der Waals surface area (Å²) in [4.78, 5) is 4.49. The van der Waals surface area contributed by atoms with Crippen LogP contribution >= 0.6 is 0 Å². The van der Waals surface area contributed by atoms with Crippen LogP contribution in [0, 0.1) is 0 Å². The fraction of sp³-hybridized carbons (Fsp3) is 0.444. The summed E-state index contributed by atoms with van der Waals surface area (Å²) < 4.78 is 2.20. The van der Waals surface area contributed by atoms with Gasteiger partial charge in [0.25, 0.3) is 0 Å². The zero-order valence-corrected chi connectivity index (χ0v) is 13.7. The van der Waals surface area contributed by atoms with Gasteiger partial charge in [-0.2, -0.15) is 5.10 Å². The van der Waals surface area contributed by atoms with Crippen LogP contribution in [0.1, 0.15) is 25.7 Å². The summed E-state index contributed by atoms with van der Waals surface area (Å²) in [7, 11) is 0. The smallest absolute Gasteiger partial charge is 0.0958 e. The molecule has 1 aliphatic heterocycles. The first-order valence-corrected chi connectivity index (χ1v) is 8.67. The Morgan fingerprint density at radius 1 is 1.29 bits per heavy atom. The fourth-order valence-electron chi connectivity index (χ4n) is 3.53. The summed E-state index contributed by atoms with van der Waals surface area (Å²) in [6.45, 7) is 1.93. The lowest BCUT2D eigenvalue weighted by Crippen LogP contribution is -2.44. The topological polar surface area (TPSA) is 78.8 Å². The Morgan fingerprint density at radius 2 is 2.25 bits per heavy atom. The number of aryl methyl sites for hydroxylation is 1. The minimum atomic E-state index is -0.203. The Hall–Kier alpha value is -2.18. The lowest BCUT2D eigenvalue weighted by Gasteiger charge is -2.29. The predicted octanol–water partition coefficient (Wildman–Crippen LogP) is 2.32. The first-order valence-electron chi connectivity index (χ1n) is 8.67. The first kappa shape index (κ1) is 15.4. The van der Waals surface area contributed by atoms with Crippen molar-refractivity contribution in [1.82, 2.24) is 25.1 Å². The van der Waals surface area contributed by atoms with E-state index in [0.717, 1.165) is 61.1 Å². The van der Waals surface area contributed by atoms with E-state index in [4.69, 9.17) is 0 Å². The molecule has 0 bridgehead atoms. The van der Waals surface area contributed by atoms with E-state index in [1.807, 2.05) is 12.4 Å². The van der Waals surface area contributed by atoms with Gasteiger partial charge in [0.2, 0.25) is 0 Å². The second-order valence-corrected chi connectivity index (χ2v) is 6.52. The number of fused-ring (bicyclic) bond motifs is 1. The maximum Gasteiger partial charge on any atom is 0.0958 e. The lowest BCUT2D eigenvalue weighted by molar-refractivity contribution is 0.0909. The van der Waals surface area contributed by atoms with E-state index in [0.29, 0.717) is 0 Å². The third kappa shape index (κ3) is 3.07. The quantitative estimate of drug-likeness (QED) is 0.673. The highest BCUT2D eigenvalue weighted by atomic mass is 16.3. The van der Waals surface area contributed by atoms with Crippen molar-refractivity contribution in [3.8, 4) is 11.3 Å². The monoisotopic (exact) mass is 325 g/mol. The molecule has 3 heterocycles. The molecule has 0 unspecified atom stereocenters. The van der Waals surface area contributed by atoms with Crippen LogP contribution in [0.2, 0.25) is 0 Å². The number of benzene rings is 1. The summed E-state index contributed by atoms with van der Waals surface area (Å²) in [5, 5.41) is 20.5. The van der Waals surface area contributed by atoms with E-state index in [9.17, 15) is 5.11 Å². The molecule has 0 radical (unpaired) electrons. The number of nitrogens with one attached hydrogen (secondary N) is 2. The highest BCUT2D eigenvalue weighted by Crippen LogP contribution is 2.23. The number of nitrogens with zero attached hydrogens (tertiary/aromatic N) is 3. The van der Waals surface area contributed by atoms with E-state index >= 15 is 0 Å². The summed E-state index contributed by atoms with van der Waals surface area (Å²) in [5.41, 5.74) is 4.28. The van der Waals surface area contributed by atoms with Gasteiger partial charge in [0.15, 0.2) is 0 Å². The Morgan fingerprint density at radius 3 is 3.08 bits per heavy atom. The van der Waals surface area contributed by atoms with E-state index in [1.54, 1.807) is 6.20 Å². The van der Waals surface area contributed by atoms with E-state index < -0.39 is 0 Å². The minimum absolute atomic E-state index is 0.203. The molecule has 0 aliphatic carbocycles. The predicted molar refractivity (Wildman–Crippen MR) is 93.6 cm³/mol. The zero-order valence-electron chi connectivity index (χ0n) is 13.7. The molecular weight excluding hydrogens is 302 g/mol. The molecule has 6 heteroatoms. The van der Waals surface area contributed by atoms with Gasteiger partial charge >= 0.3 is 0 Å². The van der Waals surface area contributed by atoms with Gasteiger partial charge in [-0.25, -0.2) is 4.98 Å². The molecule has 2 atom stereocenters. The second kappa shape index (κ2) is 6.75. The van der Waals surface area contributed by atoms with Gasteiger partial charge in [0.05, 0.1) is 29.2 Å². The summed E-state index contributed by atoms with van der Waals surface area (Å²) >= 11 is 0. The van der Waals surface area contributed by atoms with E-state index in [1.165, 1.54) is 0 Å². The molecule has 3 N–H and O–H groups in total. The van der Waals surface area contributed by atoms with Crippen molar-refractivity contribution in [3.63, 3.8) is 0 Å². The average molecular weight is 325 g/mol. The van der Waals surface area contributed by atoms with Crippen molar-refractivity contribution in [2.75, 3.05) is 6.54 Å². The maximum absolute atomic E-state index is 10.0. The molecule has 4 rings (SSSR count). The van der Waals surface area contributed by atoms with Gasteiger partial charge in [-0.05, 0) is 50.4 Å². The number of aliphatic hydroxyl groups is 1. The van der Waals surface area contributed by atoms with Crippen LogP contribution < -0.4 is 5.32 Å². The number of hydrogen-bond donors (Lipinski definition) is 3. The number of aromatic amines is 1. The molecule has 0 amide bonds. The molecule has 2 aromatic heterocycles. The van der Waals surface area contributed by atoms with Crippen molar-refractivity contribution < 1.29 is 5.11 Å². The Bertz CT molecular complexity index is 795. The molecule has 1 aliphatic rings. The molecule has 6 nitrogen and oxygen atoms in total. The Labute approximate surface area is 140 Å². The first-order chi connectivity index (χ1) is 11.8. The number of aromatic nitrogens is 4. The van der Waals surface area contributed by atoms with Gasteiger partial charge in [0, 0.05) is 24.3 Å². The van der Waals surface area contributed by atoms with Crippen molar-refractivity contribution in [3.05, 3.63) is 36.8 Å². The highest BCUT2D eigenvalue weighted by molar-refractivity contribution is 5.81. The van der Waals surface area contributed by atoms with Crippen LogP contribution in [-0.4, -0.2) is 43.5 Å². The van der Waals surface area contributed by atoms with Crippen molar-refractivity contribution in [2.45, 2.75) is 44.4 Å². The molecule has 1 fully saturated rings. The molecule has 1 aromatic carbocycles. The minimum Gasteiger partial charge on any atom is -0.392 e. The van der Waals surface area contributed by atoms with Gasteiger partial charge in [0.1, 0.15) is 0 Å². The van der Waals surface area contributed by atoms with Crippen LogP contribution in [0.4, 0.5) is 0 Å². The van der Waals surface area contributed by atoms with Gasteiger partial charge in [-0.15, -0.1) is 0 Å². The van der Waals surface area contributed by atoms with Crippen molar-refractivity contribution in [1.29, 1.82) is 0 Å². The molecule has 0 saturated carbocycles. The Kier molecular flexibility index (Phi) is 4.32.